The Kier molecular flexibility index (Phi) is 4.56. The summed E-state index contributed by atoms with van der Waals surface area (Å²) < 4.78 is 41.8. The van der Waals surface area contributed by atoms with Crippen LogP contribution in [-0.2, 0) is 6.42 Å². The van der Waals surface area contributed by atoms with E-state index in [2.05, 4.69) is 6.92 Å². The van der Waals surface area contributed by atoms with E-state index in [-0.39, 0.29) is 11.1 Å². The summed E-state index contributed by atoms with van der Waals surface area (Å²) in [6.07, 6.45) is 7.12. The molecule has 3 rings (SSSR count). The van der Waals surface area contributed by atoms with E-state index in [0.29, 0.717) is 0 Å². The van der Waals surface area contributed by atoms with Gasteiger partial charge in [-0.1, -0.05) is 37.1 Å². The van der Waals surface area contributed by atoms with Crippen LogP contribution < -0.4 is 0 Å². The van der Waals surface area contributed by atoms with Crippen molar-refractivity contribution in [2.45, 2.75) is 39.0 Å². The molecular weight excluding hydrogens is 297 g/mol. The zero-order valence-corrected chi connectivity index (χ0v) is 13.1. The molecule has 0 spiro atoms. The average molecular weight is 316 g/mol. The number of aryl methyl sites for hydroxylation is 1. The molecule has 0 saturated carbocycles. The molecule has 2 aromatic rings. The summed E-state index contributed by atoms with van der Waals surface area (Å²) in [6.45, 7) is 2.15. The maximum atomic E-state index is 14.4. The quantitative estimate of drug-likeness (QED) is 0.621. The van der Waals surface area contributed by atoms with Crippen LogP contribution in [0, 0.1) is 17.5 Å². The standard InChI is InChI=1S/C20H19F3/c1-2-3-5-13-8-9-14-11-17(19(22)12-15(14)10-13)16-6-4-7-18(21)20(16)23/h4,6-7,10-12H,2-3,5,8-9H2,1H3. The van der Waals surface area contributed by atoms with E-state index < -0.39 is 17.5 Å². The SMILES string of the molecule is CCCCC1=Cc2cc(F)c(-c3cccc(F)c3F)cc2CC1. The van der Waals surface area contributed by atoms with E-state index in [4.69, 9.17) is 0 Å². The van der Waals surface area contributed by atoms with Crippen LogP contribution >= 0.6 is 0 Å². The highest BCUT2D eigenvalue weighted by Crippen LogP contribution is 2.34. The van der Waals surface area contributed by atoms with Crippen molar-refractivity contribution < 1.29 is 13.2 Å². The lowest BCUT2D eigenvalue weighted by Crippen LogP contribution is -2.02. The van der Waals surface area contributed by atoms with Gasteiger partial charge in [0.2, 0.25) is 0 Å². The molecule has 0 fully saturated rings. The second-order valence-electron chi connectivity index (χ2n) is 6.04. The lowest BCUT2D eigenvalue weighted by atomic mass is 9.87. The third-order valence-corrected chi connectivity index (χ3v) is 4.40. The van der Waals surface area contributed by atoms with E-state index in [1.54, 1.807) is 6.07 Å². The largest absolute Gasteiger partial charge is 0.206 e. The number of hydrogen-bond donors (Lipinski definition) is 0. The first-order valence-electron chi connectivity index (χ1n) is 8.06. The van der Waals surface area contributed by atoms with Crippen LogP contribution in [0.1, 0.15) is 43.7 Å². The molecule has 120 valence electrons. The third-order valence-electron chi connectivity index (χ3n) is 4.40. The first-order chi connectivity index (χ1) is 11.1. The molecule has 0 amide bonds. The molecule has 2 aromatic carbocycles. The molecular formula is C20H19F3. The molecule has 1 aliphatic carbocycles. The Bertz CT molecular complexity index is 760. The highest BCUT2D eigenvalue weighted by molar-refractivity contribution is 5.70. The van der Waals surface area contributed by atoms with E-state index in [0.717, 1.165) is 49.3 Å². The topological polar surface area (TPSA) is 0 Å². The molecule has 0 N–H and O–H groups in total. The number of fused-ring (bicyclic) bond motifs is 1. The van der Waals surface area contributed by atoms with Crippen molar-refractivity contribution >= 4 is 6.08 Å². The fourth-order valence-electron chi connectivity index (χ4n) is 3.09. The lowest BCUT2D eigenvalue weighted by Gasteiger charge is -2.18. The number of benzene rings is 2. The van der Waals surface area contributed by atoms with Crippen molar-refractivity contribution in [1.29, 1.82) is 0 Å². The van der Waals surface area contributed by atoms with E-state index in [9.17, 15) is 13.2 Å². The van der Waals surface area contributed by atoms with E-state index in [1.807, 2.05) is 6.08 Å². The molecule has 0 atom stereocenters. The zero-order chi connectivity index (χ0) is 16.4. The Balaban J connectivity index is 2.01. The summed E-state index contributed by atoms with van der Waals surface area (Å²) in [4.78, 5) is 0. The molecule has 0 nitrogen and oxygen atoms in total. The first-order valence-corrected chi connectivity index (χ1v) is 8.06. The van der Waals surface area contributed by atoms with Crippen LogP contribution in [0.3, 0.4) is 0 Å². The first kappa shape index (κ1) is 15.9. The van der Waals surface area contributed by atoms with Gasteiger partial charge in [0.05, 0.1) is 0 Å². The third kappa shape index (κ3) is 3.19. The van der Waals surface area contributed by atoms with E-state index >= 15 is 0 Å². The van der Waals surface area contributed by atoms with Crippen LogP contribution in [0.2, 0.25) is 0 Å². The molecule has 0 radical (unpaired) electrons. The second kappa shape index (κ2) is 6.61. The van der Waals surface area contributed by atoms with Crippen molar-refractivity contribution in [3.63, 3.8) is 0 Å². The predicted octanol–water partition coefficient (Wildman–Crippen LogP) is 6.29. The maximum Gasteiger partial charge on any atom is 0.166 e. The Morgan fingerprint density at radius 3 is 2.57 bits per heavy atom. The summed E-state index contributed by atoms with van der Waals surface area (Å²) in [5, 5.41) is 0. The molecule has 0 bridgehead atoms. The molecule has 3 heteroatoms. The van der Waals surface area contributed by atoms with Gasteiger partial charge in [-0.15, -0.1) is 0 Å². The summed E-state index contributed by atoms with van der Waals surface area (Å²) in [5.41, 5.74) is 3.30. The Labute approximate surface area is 134 Å². The lowest BCUT2D eigenvalue weighted by molar-refractivity contribution is 0.510. The van der Waals surface area contributed by atoms with Crippen LogP contribution in [0.4, 0.5) is 13.2 Å². The molecule has 0 aliphatic heterocycles. The van der Waals surface area contributed by atoms with Gasteiger partial charge in [0, 0.05) is 11.1 Å². The van der Waals surface area contributed by atoms with Gasteiger partial charge in [-0.05, 0) is 55.0 Å². The number of allylic oxidation sites excluding steroid dienone is 1. The van der Waals surface area contributed by atoms with Crippen LogP contribution in [-0.4, -0.2) is 0 Å². The van der Waals surface area contributed by atoms with E-state index in [1.165, 1.54) is 23.8 Å². The minimum Gasteiger partial charge on any atom is -0.206 e. The minimum atomic E-state index is -0.999. The second-order valence-corrected chi connectivity index (χ2v) is 6.04. The van der Waals surface area contributed by atoms with Gasteiger partial charge in [0.1, 0.15) is 5.82 Å². The molecule has 0 saturated heterocycles. The number of rotatable bonds is 4. The molecule has 0 unspecified atom stereocenters. The Morgan fingerprint density at radius 1 is 0.957 bits per heavy atom. The van der Waals surface area contributed by atoms with Gasteiger partial charge in [-0.3, -0.25) is 0 Å². The van der Waals surface area contributed by atoms with Gasteiger partial charge in [0.15, 0.2) is 11.6 Å². The summed E-state index contributed by atoms with van der Waals surface area (Å²) >= 11 is 0. The van der Waals surface area contributed by atoms with Crippen molar-refractivity contribution in [3.8, 4) is 11.1 Å². The van der Waals surface area contributed by atoms with Crippen molar-refractivity contribution in [2.75, 3.05) is 0 Å². The summed E-state index contributed by atoms with van der Waals surface area (Å²) in [7, 11) is 0. The molecule has 1 aliphatic rings. The monoisotopic (exact) mass is 316 g/mol. The average Bonchev–Trinajstić information content (AvgIpc) is 2.55. The van der Waals surface area contributed by atoms with Gasteiger partial charge in [0.25, 0.3) is 0 Å². The fraction of sp³-hybridized carbons (Fsp3) is 0.300. The summed E-state index contributed by atoms with van der Waals surface area (Å²) in [6, 6.07) is 6.96. The van der Waals surface area contributed by atoms with Gasteiger partial charge in [-0.2, -0.15) is 0 Å². The zero-order valence-electron chi connectivity index (χ0n) is 13.1. The Morgan fingerprint density at radius 2 is 1.78 bits per heavy atom. The number of unbranched alkanes of at least 4 members (excludes halogenated alkanes) is 1. The Hall–Kier alpha value is -2.03. The van der Waals surface area contributed by atoms with Gasteiger partial charge >= 0.3 is 0 Å². The van der Waals surface area contributed by atoms with Gasteiger partial charge < -0.3 is 0 Å². The normalized spacial score (nSPS) is 13.7. The van der Waals surface area contributed by atoms with Crippen molar-refractivity contribution in [1.82, 2.24) is 0 Å². The van der Waals surface area contributed by atoms with Crippen molar-refractivity contribution in [2.24, 2.45) is 0 Å². The maximum absolute atomic E-state index is 14.4. The predicted molar refractivity (Wildman–Crippen MR) is 87.6 cm³/mol. The fourth-order valence-corrected chi connectivity index (χ4v) is 3.09. The minimum absolute atomic E-state index is 0.0222. The molecule has 0 heterocycles. The van der Waals surface area contributed by atoms with Crippen LogP contribution in [0.25, 0.3) is 17.2 Å². The molecule has 0 aromatic heterocycles. The number of hydrogen-bond acceptors (Lipinski definition) is 0. The number of halogens is 3. The smallest absolute Gasteiger partial charge is 0.166 e. The van der Waals surface area contributed by atoms with Crippen LogP contribution in [0.15, 0.2) is 35.9 Å². The van der Waals surface area contributed by atoms with Crippen LogP contribution in [0.5, 0.6) is 0 Å². The highest BCUT2D eigenvalue weighted by atomic mass is 19.2. The van der Waals surface area contributed by atoms with Crippen molar-refractivity contribution in [3.05, 3.63) is 64.5 Å². The summed E-state index contributed by atoms with van der Waals surface area (Å²) in [5.74, 6) is -2.47. The highest BCUT2D eigenvalue weighted by Gasteiger charge is 2.18. The molecule has 23 heavy (non-hydrogen) atoms. The van der Waals surface area contributed by atoms with Gasteiger partial charge in [-0.25, -0.2) is 13.2 Å².